The zero-order valence-electron chi connectivity index (χ0n) is 51.8. The maximum Gasteiger partial charge on any atom is 0.242 e. The largest absolute Gasteiger partial charge is 0.242 e. The van der Waals surface area contributed by atoms with E-state index in [1.54, 1.807) is 0 Å². The smallest absolute Gasteiger partial charge is 0.0686 e. The second-order valence-corrected chi connectivity index (χ2v) is 24.8. The van der Waals surface area contributed by atoms with Gasteiger partial charge in [-0.25, -0.2) is 0 Å². The van der Waals surface area contributed by atoms with Crippen molar-refractivity contribution >= 4 is 69.3 Å². The van der Waals surface area contributed by atoms with Gasteiger partial charge < -0.3 is 0 Å². The minimum absolute atomic E-state index is 0.103. The van der Waals surface area contributed by atoms with Crippen molar-refractivity contribution in [3.05, 3.63) is 264 Å². The lowest BCUT2D eigenvalue weighted by molar-refractivity contribution is 1.34. The first-order valence-corrected chi connectivity index (χ1v) is 29.5. The van der Waals surface area contributed by atoms with Crippen LogP contribution in [0.25, 0.3) is 33.4 Å². The molecule has 0 saturated carbocycles. The van der Waals surface area contributed by atoms with Crippen molar-refractivity contribution in [1.82, 2.24) is 0 Å². The van der Waals surface area contributed by atoms with E-state index in [0.717, 1.165) is 0 Å². The summed E-state index contributed by atoms with van der Waals surface area (Å²) >= 11 is 0. The summed E-state index contributed by atoms with van der Waals surface area (Å²) in [5, 5.41) is 0. The molecule has 402 valence electrons. The Balaban J connectivity index is 1.13. The van der Waals surface area contributed by atoms with Crippen molar-refractivity contribution in [2.24, 2.45) is 0 Å². The summed E-state index contributed by atoms with van der Waals surface area (Å²) < 4.78 is 0. The van der Waals surface area contributed by atoms with Crippen molar-refractivity contribution in [2.75, 3.05) is 0 Å². The highest BCUT2D eigenvalue weighted by Crippen LogP contribution is 2.33. The third-order valence-corrected chi connectivity index (χ3v) is 17.8. The van der Waals surface area contributed by atoms with Gasteiger partial charge in [-0.2, -0.15) is 0 Å². The van der Waals surface area contributed by atoms with Crippen LogP contribution in [0.5, 0.6) is 0 Å². The standard InChI is InChI=1S/C78H81B3/c1-46-31-52(7)73(53(8)32-46)79(74-54(9)33-47(2)34-55(74)10)70-25-19-64(20-26-70)67-43-68(65-21-27-71(28-22-65)80(75-56(11)35-48(3)36-57(75)12)76-58(13)37-49(4)38-59(76)14)45-69(44-67)66-23-29-72(30-24-66)81(77-60(15)39-50(5)40-61(77)16)78-62(17)41-51(6)42-63(78)18/h19-45H,1-18H3. The highest BCUT2D eigenvalue weighted by atomic mass is 14.2. The van der Waals surface area contributed by atoms with E-state index >= 15 is 0 Å². The van der Waals surface area contributed by atoms with Gasteiger partial charge >= 0.3 is 0 Å². The van der Waals surface area contributed by atoms with E-state index < -0.39 is 0 Å². The highest BCUT2D eigenvalue weighted by molar-refractivity contribution is 6.98. The third kappa shape index (κ3) is 11.3. The van der Waals surface area contributed by atoms with Crippen LogP contribution in [0.3, 0.4) is 0 Å². The van der Waals surface area contributed by atoms with Crippen LogP contribution in [-0.4, -0.2) is 20.1 Å². The summed E-state index contributed by atoms with van der Waals surface area (Å²) in [7, 11) is 0. The van der Waals surface area contributed by atoms with Crippen LogP contribution in [0.15, 0.2) is 164 Å². The molecule has 0 nitrogen and oxygen atoms in total. The van der Waals surface area contributed by atoms with Crippen LogP contribution in [0.2, 0.25) is 0 Å². The Morgan fingerprint density at radius 1 is 0.160 bits per heavy atom. The molecule has 0 bridgehead atoms. The summed E-state index contributed by atoms with van der Waals surface area (Å²) in [6.07, 6.45) is 0. The molecule has 0 unspecified atom stereocenters. The lowest BCUT2D eigenvalue weighted by atomic mass is 9.34. The molecule has 3 heteroatoms. The molecule has 10 rings (SSSR count). The first kappa shape index (κ1) is 56.7. The Morgan fingerprint density at radius 3 is 0.432 bits per heavy atom. The van der Waals surface area contributed by atoms with Crippen LogP contribution in [0.1, 0.15) is 100 Å². The number of hydrogen-bond donors (Lipinski definition) is 0. The van der Waals surface area contributed by atoms with Gasteiger partial charge in [0.1, 0.15) is 0 Å². The van der Waals surface area contributed by atoms with Gasteiger partial charge in [0.05, 0.1) is 0 Å². The zero-order chi connectivity index (χ0) is 57.9. The SMILES string of the molecule is Cc1cc(C)c(B(c2ccc(-c3cc(-c4ccc(B(c5c(C)cc(C)cc5C)c5c(C)cc(C)cc5C)cc4)cc(-c4ccc(B(c5c(C)cc(C)cc5C)c5c(C)cc(C)cc5C)cc4)c3)cc2)c2c(C)cc(C)cc2C)c(C)c1. The molecule has 0 fully saturated rings. The van der Waals surface area contributed by atoms with Crippen LogP contribution in [0.4, 0.5) is 0 Å². The number of benzene rings is 10. The molecule has 0 atom stereocenters. The molecule has 0 aromatic heterocycles. The molecule has 0 amide bonds. The second-order valence-electron chi connectivity index (χ2n) is 24.8. The molecule has 0 spiro atoms. The Hall–Kier alpha value is -7.61. The molecule has 0 aliphatic carbocycles. The van der Waals surface area contributed by atoms with E-state index in [2.05, 4.69) is 288 Å². The monoisotopic (exact) mass is 1050 g/mol. The van der Waals surface area contributed by atoms with Gasteiger partial charge in [-0.1, -0.05) is 295 Å². The van der Waals surface area contributed by atoms with Gasteiger partial charge in [-0.05, 0) is 176 Å². The third-order valence-electron chi connectivity index (χ3n) is 17.8. The van der Waals surface area contributed by atoms with Crippen LogP contribution in [0, 0.1) is 125 Å². The molecule has 0 saturated heterocycles. The molecule has 10 aromatic carbocycles. The first-order valence-electron chi connectivity index (χ1n) is 29.5. The molecule has 0 aliphatic rings. The topological polar surface area (TPSA) is 0 Å². The van der Waals surface area contributed by atoms with Gasteiger partial charge in [-0.15, -0.1) is 0 Å². The van der Waals surface area contributed by atoms with E-state index in [9.17, 15) is 0 Å². The fourth-order valence-electron chi connectivity index (χ4n) is 15.0. The number of hydrogen-bond acceptors (Lipinski definition) is 0. The van der Waals surface area contributed by atoms with Crippen LogP contribution < -0.4 is 49.2 Å². The molecule has 0 heterocycles. The van der Waals surface area contributed by atoms with E-state index in [0.29, 0.717) is 0 Å². The Morgan fingerprint density at radius 2 is 0.296 bits per heavy atom. The molecule has 10 aromatic rings. The molecular weight excluding hydrogens is 969 g/mol. The van der Waals surface area contributed by atoms with Crippen molar-refractivity contribution in [2.45, 2.75) is 125 Å². The lowest BCUT2D eigenvalue weighted by Gasteiger charge is -2.25. The highest BCUT2D eigenvalue weighted by Gasteiger charge is 2.32. The lowest BCUT2D eigenvalue weighted by Crippen LogP contribution is -2.55. The summed E-state index contributed by atoms with van der Waals surface area (Å²) in [5.41, 5.74) is 43.5. The number of aryl methyl sites for hydroxylation is 18. The molecule has 0 N–H and O–H groups in total. The predicted octanol–water partition coefficient (Wildman–Crippen LogP) is 13.8. The average Bonchev–Trinajstić information content (AvgIpc) is 3.49. The Labute approximate surface area is 488 Å². The zero-order valence-corrected chi connectivity index (χ0v) is 51.8. The summed E-state index contributed by atoms with van der Waals surface area (Å²) in [6.45, 7) is 41.2. The van der Waals surface area contributed by atoms with E-state index in [4.69, 9.17) is 0 Å². The Bertz CT molecular complexity index is 3310. The molecule has 81 heavy (non-hydrogen) atoms. The average molecular weight is 1050 g/mol. The molecular formula is C78H81B3. The quantitative estimate of drug-likeness (QED) is 0.107. The number of rotatable bonds is 12. The van der Waals surface area contributed by atoms with Gasteiger partial charge in [0.2, 0.25) is 20.1 Å². The summed E-state index contributed by atoms with van der Waals surface area (Å²) in [6, 6.07) is 64.3. The minimum atomic E-state index is 0.103. The van der Waals surface area contributed by atoms with E-state index in [1.165, 1.54) is 183 Å². The minimum Gasteiger partial charge on any atom is -0.0686 e. The van der Waals surface area contributed by atoms with Crippen molar-refractivity contribution in [3.63, 3.8) is 0 Å². The van der Waals surface area contributed by atoms with Gasteiger partial charge in [0.15, 0.2) is 0 Å². The van der Waals surface area contributed by atoms with Crippen molar-refractivity contribution in [3.8, 4) is 33.4 Å². The Kier molecular flexibility index (Phi) is 15.9. The van der Waals surface area contributed by atoms with Crippen LogP contribution >= 0.6 is 0 Å². The van der Waals surface area contributed by atoms with E-state index in [1.807, 2.05) is 0 Å². The van der Waals surface area contributed by atoms with Gasteiger partial charge in [-0.3, -0.25) is 0 Å². The van der Waals surface area contributed by atoms with Gasteiger partial charge in [0.25, 0.3) is 0 Å². The molecule has 0 aliphatic heterocycles. The second kappa shape index (κ2) is 22.7. The maximum atomic E-state index is 2.42. The predicted molar refractivity (Wildman–Crippen MR) is 361 cm³/mol. The molecule has 0 radical (unpaired) electrons. The van der Waals surface area contributed by atoms with Crippen LogP contribution in [-0.2, 0) is 0 Å². The van der Waals surface area contributed by atoms with Gasteiger partial charge in [0, 0.05) is 0 Å². The van der Waals surface area contributed by atoms with Crippen molar-refractivity contribution in [1.29, 1.82) is 0 Å². The maximum absolute atomic E-state index is 2.42. The van der Waals surface area contributed by atoms with Crippen molar-refractivity contribution < 1.29 is 0 Å². The fraction of sp³-hybridized carbons (Fsp3) is 0.231. The summed E-state index contributed by atoms with van der Waals surface area (Å²) in [5.74, 6) is 0. The van der Waals surface area contributed by atoms with E-state index in [-0.39, 0.29) is 20.1 Å². The first-order chi connectivity index (χ1) is 38.5. The fourth-order valence-corrected chi connectivity index (χ4v) is 15.0. The normalized spacial score (nSPS) is 11.3. The summed E-state index contributed by atoms with van der Waals surface area (Å²) in [4.78, 5) is 0.